The lowest BCUT2D eigenvalue weighted by molar-refractivity contribution is 0.239. The Labute approximate surface area is 140 Å². The molecule has 1 heterocycles. The van der Waals surface area contributed by atoms with Crippen molar-refractivity contribution < 1.29 is 21.2 Å². The van der Waals surface area contributed by atoms with Crippen LogP contribution in [0.15, 0.2) is 23.1 Å². The van der Waals surface area contributed by atoms with E-state index >= 15 is 0 Å². The minimum absolute atomic E-state index is 0.143. The van der Waals surface area contributed by atoms with Crippen LogP contribution in [0.1, 0.15) is 12.8 Å². The van der Waals surface area contributed by atoms with Crippen LogP contribution in [0.2, 0.25) is 5.02 Å². The van der Waals surface area contributed by atoms with Gasteiger partial charge in [0.05, 0.1) is 11.3 Å². The first-order valence-corrected chi connectivity index (χ1v) is 10.6. The molecule has 1 aromatic rings. The Bertz CT molecular complexity index is 790. The maximum absolute atomic E-state index is 13.1. The molecule has 0 aromatic heterocycles. The Hall–Kier alpha value is -0.740. The van der Waals surface area contributed by atoms with Gasteiger partial charge in [-0.2, -0.15) is 4.31 Å². The second kappa shape index (κ2) is 6.64. The monoisotopic (exact) mass is 384 g/mol. The smallest absolute Gasteiger partial charge is 0.213 e. The predicted octanol–water partition coefficient (Wildman–Crippen LogP) is 1.52. The van der Waals surface area contributed by atoms with Gasteiger partial charge in [0.2, 0.25) is 20.0 Å². The molecule has 130 valence electrons. The summed E-state index contributed by atoms with van der Waals surface area (Å²) in [6, 6.07) is 2.91. The van der Waals surface area contributed by atoms with E-state index < -0.39 is 25.9 Å². The van der Waals surface area contributed by atoms with Crippen LogP contribution in [0.5, 0.6) is 0 Å². The van der Waals surface area contributed by atoms with Crippen molar-refractivity contribution >= 4 is 31.6 Å². The molecule has 0 aliphatic carbocycles. The Morgan fingerprint density at radius 3 is 2.26 bits per heavy atom. The van der Waals surface area contributed by atoms with Gasteiger partial charge in [-0.3, -0.25) is 0 Å². The van der Waals surface area contributed by atoms with E-state index in [2.05, 4.69) is 0 Å². The molecule has 0 amide bonds. The van der Waals surface area contributed by atoms with Gasteiger partial charge in [-0.1, -0.05) is 11.6 Å². The minimum atomic E-state index is -3.83. The average Bonchev–Trinajstić information content (AvgIpc) is 2.45. The van der Waals surface area contributed by atoms with Crippen molar-refractivity contribution in [3.8, 4) is 0 Å². The lowest BCUT2D eigenvalue weighted by Crippen LogP contribution is -2.46. The van der Waals surface area contributed by atoms with Gasteiger partial charge in [0, 0.05) is 26.2 Å². The summed E-state index contributed by atoms with van der Waals surface area (Å²) in [5.74, 6) is -0.609. The van der Waals surface area contributed by atoms with Gasteiger partial charge in [-0.15, -0.1) is 0 Å². The van der Waals surface area contributed by atoms with Crippen molar-refractivity contribution in [2.24, 2.45) is 0 Å². The summed E-state index contributed by atoms with van der Waals surface area (Å²) in [4.78, 5) is -0.143. The van der Waals surface area contributed by atoms with Crippen LogP contribution in [0, 0.1) is 5.82 Å². The molecule has 0 spiro atoms. The molecule has 1 aliphatic rings. The number of rotatable bonds is 4. The second-order valence-corrected chi connectivity index (χ2v) is 9.84. The Morgan fingerprint density at radius 1 is 1.22 bits per heavy atom. The van der Waals surface area contributed by atoms with Gasteiger partial charge in [0.15, 0.2) is 0 Å². The lowest BCUT2D eigenvalue weighted by Gasteiger charge is -2.35. The highest BCUT2D eigenvalue weighted by Crippen LogP contribution is 2.28. The lowest BCUT2D eigenvalue weighted by atomic mass is 10.1. The van der Waals surface area contributed by atoms with Crippen molar-refractivity contribution in [3.63, 3.8) is 0 Å². The van der Waals surface area contributed by atoms with E-state index in [1.165, 1.54) is 15.7 Å². The van der Waals surface area contributed by atoms with E-state index in [1.54, 1.807) is 0 Å². The number of halogens is 2. The third-order valence-corrected chi connectivity index (χ3v) is 7.70. The van der Waals surface area contributed by atoms with Crippen LogP contribution in [-0.4, -0.2) is 57.9 Å². The third kappa shape index (κ3) is 4.03. The van der Waals surface area contributed by atoms with Crippen molar-refractivity contribution in [2.75, 3.05) is 26.4 Å². The van der Waals surface area contributed by atoms with E-state index in [9.17, 15) is 21.2 Å². The molecule has 6 nitrogen and oxygen atoms in total. The number of benzene rings is 1. The molecule has 0 atom stereocenters. The van der Waals surface area contributed by atoms with Gasteiger partial charge >= 0.3 is 0 Å². The van der Waals surface area contributed by atoms with E-state index in [0.717, 1.165) is 24.5 Å². The van der Waals surface area contributed by atoms with Crippen molar-refractivity contribution in [1.82, 2.24) is 8.61 Å². The van der Waals surface area contributed by atoms with Crippen LogP contribution in [0.3, 0.4) is 0 Å². The predicted molar refractivity (Wildman–Crippen MR) is 85.8 cm³/mol. The zero-order valence-corrected chi connectivity index (χ0v) is 15.1. The summed E-state index contributed by atoms with van der Waals surface area (Å²) in [5.41, 5.74) is 0. The van der Waals surface area contributed by atoms with Crippen LogP contribution in [-0.2, 0) is 20.0 Å². The molecular formula is C13H18ClFN2O4S2. The first kappa shape index (κ1) is 18.6. The molecule has 0 N–H and O–H groups in total. The van der Waals surface area contributed by atoms with E-state index in [1.807, 2.05) is 0 Å². The van der Waals surface area contributed by atoms with Crippen LogP contribution < -0.4 is 0 Å². The number of hydrogen-bond donors (Lipinski definition) is 0. The summed E-state index contributed by atoms with van der Waals surface area (Å²) in [7, 11) is -5.66. The van der Waals surface area contributed by atoms with Gasteiger partial charge in [0.25, 0.3) is 0 Å². The molecule has 2 rings (SSSR count). The highest BCUT2D eigenvalue weighted by atomic mass is 35.5. The van der Waals surface area contributed by atoms with E-state index in [-0.39, 0.29) is 29.0 Å². The topological polar surface area (TPSA) is 74.8 Å². The molecule has 0 unspecified atom stereocenters. The minimum Gasteiger partial charge on any atom is -0.213 e. The summed E-state index contributed by atoms with van der Waals surface area (Å²) >= 11 is 5.84. The standard InChI is InChI=1S/C13H18ClFN2O4S2/c1-16(22(2,18)19)11-5-7-17(8-6-11)23(20,21)13-4-3-10(15)9-12(13)14/h3-4,9,11H,5-8H2,1-2H3. The molecule has 23 heavy (non-hydrogen) atoms. The zero-order valence-electron chi connectivity index (χ0n) is 12.7. The number of piperidine rings is 1. The molecule has 0 bridgehead atoms. The first-order chi connectivity index (χ1) is 10.5. The highest BCUT2D eigenvalue weighted by molar-refractivity contribution is 7.89. The molecule has 10 heteroatoms. The quantitative estimate of drug-likeness (QED) is 0.788. The Kier molecular flexibility index (Phi) is 5.37. The average molecular weight is 385 g/mol. The first-order valence-electron chi connectivity index (χ1n) is 6.91. The van der Waals surface area contributed by atoms with Crippen molar-refractivity contribution in [3.05, 3.63) is 29.0 Å². The highest BCUT2D eigenvalue weighted by Gasteiger charge is 2.33. The van der Waals surface area contributed by atoms with Crippen LogP contribution in [0.25, 0.3) is 0 Å². The summed E-state index contributed by atoms with van der Waals surface area (Å²) in [6.07, 6.45) is 1.90. The van der Waals surface area contributed by atoms with Crippen molar-refractivity contribution in [2.45, 2.75) is 23.8 Å². The maximum Gasteiger partial charge on any atom is 0.244 e. The van der Waals surface area contributed by atoms with Crippen LogP contribution in [0.4, 0.5) is 4.39 Å². The summed E-state index contributed by atoms with van der Waals surface area (Å²) in [6.45, 7) is 0.362. The van der Waals surface area contributed by atoms with Gasteiger partial charge in [-0.05, 0) is 31.0 Å². The molecular weight excluding hydrogens is 367 g/mol. The van der Waals surface area contributed by atoms with Gasteiger partial charge in [-0.25, -0.2) is 25.5 Å². The fourth-order valence-corrected chi connectivity index (χ4v) is 5.27. The van der Waals surface area contributed by atoms with Crippen molar-refractivity contribution in [1.29, 1.82) is 0 Å². The second-order valence-electron chi connectivity index (χ2n) is 5.49. The normalized spacial score (nSPS) is 18.5. The molecule has 1 saturated heterocycles. The third-order valence-electron chi connectivity index (χ3n) is 3.97. The van der Waals surface area contributed by atoms with E-state index in [0.29, 0.717) is 12.8 Å². The SMILES string of the molecule is CN(C1CCN(S(=O)(=O)c2ccc(F)cc2Cl)CC1)S(C)(=O)=O. The zero-order chi connectivity index (χ0) is 17.4. The molecule has 1 aliphatic heterocycles. The fraction of sp³-hybridized carbons (Fsp3) is 0.538. The molecule has 0 radical (unpaired) electrons. The summed E-state index contributed by atoms with van der Waals surface area (Å²) < 4.78 is 63.8. The number of nitrogens with zero attached hydrogens (tertiary/aromatic N) is 2. The fourth-order valence-electron chi connectivity index (χ4n) is 2.54. The summed E-state index contributed by atoms with van der Waals surface area (Å²) in [5, 5.41) is -0.166. The van der Waals surface area contributed by atoms with Crippen LogP contribution >= 0.6 is 11.6 Å². The largest absolute Gasteiger partial charge is 0.244 e. The Morgan fingerprint density at radius 2 is 1.78 bits per heavy atom. The Balaban J connectivity index is 2.16. The maximum atomic E-state index is 13.1. The molecule has 0 saturated carbocycles. The van der Waals surface area contributed by atoms with Gasteiger partial charge < -0.3 is 0 Å². The van der Waals surface area contributed by atoms with E-state index in [4.69, 9.17) is 11.6 Å². The number of hydrogen-bond acceptors (Lipinski definition) is 4. The molecule has 1 aromatic carbocycles. The number of sulfonamides is 2. The molecule has 1 fully saturated rings. The van der Waals surface area contributed by atoms with Gasteiger partial charge in [0.1, 0.15) is 10.7 Å².